The third kappa shape index (κ3) is 3.92. The van der Waals surface area contributed by atoms with Crippen LogP contribution in [-0.4, -0.2) is 19.9 Å². The Morgan fingerprint density at radius 2 is 2.10 bits per heavy atom. The summed E-state index contributed by atoms with van der Waals surface area (Å²) in [7, 11) is -3.80. The molecule has 2 aromatic rings. The SMILES string of the molecule is Nc1sc(S(=O)(=O)NCCc2ccc(Cl)s2)cc1[N+](=O)[O-]. The van der Waals surface area contributed by atoms with E-state index in [0.29, 0.717) is 22.1 Å². The highest BCUT2D eigenvalue weighted by Crippen LogP contribution is 2.34. The van der Waals surface area contributed by atoms with Crippen molar-refractivity contribution in [3.63, 3.8) is 0 Å². The molecule has 0 aliphatic carbocycles. The Labute approximate surface area is 133 Å². The first kappa shape index (κ1) is 16.2. The van der Waals surface area contributed by atoms with E-state index < -0.39 is 20.6 Å². The van der Waals surface area contributed by atoms with Gasteiger partial charge in [0, 0.05) is 17.5 Å². The topological polar surface area (TPSA) is 115 Å². The smallest absolute Gasteiger partial charge is 0.304 e. The van der Waals surface area contributed by atoms with Crippen molar-refractivity contribution in [3.8, 4) is 0 Å². The lowest BCUT2D eigenvalue weighted by atomic mass is 10.3. The molecular formula is C10H10ClN3O4S3. The third-order valence-corrected chi connectivity index (χ3v) is 6.65. The van der Waals surface area contributed by atoms with Gasteiger partial charge in [-0.15, -0.1) is 11.3 Å². The van der Waals surface area contributed by atoms with Crippen LogP contribution in [0.3, 0.4) is 0 Å². The van der Waals surface area contributed by atoms with Crippen LogP contribution in [0.1, 0.15) is 4.88 Å². The highest BCUT2D eigenvalue weighted by Gasteiger charge is 2.24. The number of nitrogens with one attached hydrogen (secondary N) is 1. The number of hydrogen-bond acceptors (Lipinski definition) is 7. The maximum atomic E-state index is 12.0. The van der Waals surface area contributed by atoms with Gasteiger partial charge >= 0.3 is 5.69 Å². The molecule has 2 rings (SSSR count). The maximum Gasteiger partial charge on any atom is 0.304 e. The van der Waals surface area contributed by atoms with Gasteiger partial charge < -0.3 is 5.73 Å². The molecule has 21 heavy (non-hydrogen) atoms. The average Bonchev–Trinajstić information content (AvgIpc) is 2.96. The second-order valence-electron chi connectivity index (χ2n) is 3.93. The summed E-state index contributed by atoms with van der Waals surface area (Å²) < 4.78 is 26.9. The molecule has 7 nitrogen and oxygen atoms in total. The molecule has 0 amide bonds. The third-order valence-electron chi connectivity index (χ3n) is 2.47. The van der Waals surface area contributed by atoms with Gasteiger partial charge in [-0.25, -0.2) is 13.1 Å². The summed E-state index contributed by atoms with van der Waals surface area (Å²) in [5.41, 5.74) is 5.04. The fourth-order valence-electron chi connectivity index (χ4n) is 1.51. The summed E-state index contributed by atoms with van der Waals surface area (Å²) in [5.74, 6) is 0. The minimum atomic E-state index is -3.80. The van der Waals surface area contributed by atoms with Crippen LogP contribution >= 0.6 is 34.3 Å². The van der Waals surface area contributed by atoms with Crippen LogP contribution in [0.5, 0.6) is 0 Å². The molecule has 0 bridgehead atoms. The molecule has 0 atom stereocenters. The van der Waals surface area contributed by atoms with E-state index in [1.165, 1.54) is 11.3 Å². The van der Waals surface area contributed by atoms with Crippen molar-refractivity contribution in [3.05, 3.63) is 37.5 Å². The van der Waals surface area contributed by atoms with Crippen molar-refractivity contribution in [2.45, 2.75) is 10.6 Å². The van der Waals surface area contributed by atoms with E-state index in [9.17, 15) is 18.5 Å². The molecule has 0 unspecified atom stereocenters. The molecule has 2 aromatic heterocycles. The first-order chi connectivity index (χ1) is 9.79. The van der Waals surface area contributed by atoms with E-state index in [-0.39, 0.29) is 15.8 Å². The van der Waals surface area contributed by atoms with Crippen LogP contribution in [0.2, 0.25) is 4.34 Å². The van der Waals surface area contributed by atoms with Crippen LogP contribution in [0.25, 0.3) is 0 Å². The molecule has 0 aliphatic heterocycles. The quantitative estimate of drug-likeness (QED) is 0.601. The highest BCUT2D eigenvalue weighted by molar-refractivity contribution is 7.91. The molecule has 2 heterocycles. The van der Waals surface area contributed by atoms with Gasteiger partial charge in [-0.1, -0.05) is 22.9 Å². The normalized spacial score (nSPS) is 11.7. The van der Waals surface area contributed by atoms with Crippen molar-refractivity contribution in [1.29, 1.82) is 0 Å². The van der Waals surface area contributed by atoms with Gasteiger partial charge in [0.1, 0.15) is 4.21 Å². The van der Waals surface area contributed by atoms with E-state index in [4.69, 9.17) is 17.3 Å². The summed E-state index contributed by atoms with van der Waals surface area (Å²) in [5, 5.41) is 10.5. The molecule has 0 saturated heterocycles. The Bertz CT molecular complexity index is 768. The fourth-order valence-corrected chi connectivity index (χ4v) is 4.89. The van der Waals surface area contributed by atoms with Crippen molar-refractivity contribution in [2.24, 2.45) is 0 Å². The number of nitro groups is 1. The molecule has 0 aliphatic rings. The minimum Gasteiger partial charge on any atom is -0.385 e. The van der Waals surface area contributed by atoms with E-state index >= 15 is 0 Å². The number of thiophene rings is 2. The summed E-state index contributed by atoms with van der Waals surface area (Å²) in [6.07, 6.45) is 0.486. The van der Waals surface area contributed by atoms with Gasteiger partial charge in [-0.2, -0.15) is 0 Å². The number of nitrogens with two attached hydrogens (primary N) is 1. The average molecular weight is 368 g/mol. The van der Waals surface area contributed by atoms with E-state index in [1.807, 2.05) is 6.07 Å². The van der Waals surface area contributed by atoms with E-state index in [2.05, 4.69) is 4.72 Å². The van der Waals surface area contributed by atoms with Gasteiger partial charge in [0.15, 0.2) is 5.00 Å². The van der Waals surface area contributed by atoms with Crippen molar-refractivity contribution in [2.75, 3.05) is 12.3 Å². The largest absolute Gasteiger partial charge is 0.385 e. The summed E-state index contributed by atoms with van der Waals surface area (Å²) in [6, 6.07) is 4.51. The van der Waals surface area contributed by atoms with Crippen LogP contribution in [0.15, 0.2) is 22.4 Å². The predicted molar refractivity (Wildman–Crippen MR) is 83.6 cm³/mol. The second kappa shape index (κ2) is 6.28. The lowest BCUT2D eigenvalue weighted by molar-refractivity contribution is -0.383. The van der Waals surface area contributed by atoms with Gasteiger partial charge in [-0.05, 0) is 18.6 Å². The lowest BCUT2D eigenvalue weighted by Gasteiger charge is -2.02. The van der Waals surface area contributed by atoms with Crippen LogP contribution in [-0.2, 0) is 16.4 Å². The molecule has 114 valence electrons. The fraction of sp³-hybridized carbons (Fsp3) is 0.200. The number of nitrogens with zero attached hydrogens (tertiary/aromatic N) is 1. The minimum absolute atomic E-state index is 0.134. The van der Waals surface area contributed by atoms with Gasteiger partial charge in [0.2, 0.25) is 10.0 Å². The zero-order chi connectivity index (χ0) is 15.6. The summed E-state index contributed by atoms with van der Waals surface area (Å²) in [6.45, 7) is 0.171. The van der Waals surface area contributed by atoms with Crippen molar-refractivity contribution < 1.29 is 13.3 Å². The molecule has 0 saturated carbocycles. The Morgan fingerprint density at radius 3 is 2.62 bits per heavy atom. The number of rotatable bonds is 6. The Hall–Kier alpha value is -1.20. The molecule has 0 spiro atoms. The monoisotopic (exact) mass is 367 g/mol. The summed E-state index contributed by atoms with van der Waals surface area (Å²) in [4.78, 5) is 10.9. The Balaban J connectivity index is 2.04. The standard InChI is InChI=1S/C10H10ClN3O4S3/c11-8-2-1-6(19-8)3-4-13-21(17,18)9-5-7(14(15)16)10(12)20-9/h1-2,5,13H,3-4,12H2. The number of hydrogen-bond donors (Lipinski definition) is 2. The second-order valence-corrected chi connectivity index (χ2v) is 8.80. The van der Waals surface area contributed by atoms with Crippen LogP contribution in [0, 0.1) is 10.1 Å². The number of halogens is 1. The number of anilines is 1. The van der Waals surface area contributed by atoms with Crippen molar-refractivity contribution in [1.82, 2.24) is 4.72 Å². The molecule has 0 radical (unpaired) electrons. The van der Waals surface area contributed by atoms with Gasteiger partial charge in [-0.3, -0.25) is 10.1 Å². The highest BCUT2D eigenvalue weighted by atomic mass is 35.5. The first-order valence-corrected chi connectivity index (χ1v) is 9.06. The zero-order valence-electron chi connectivity index (χ0n) is 10.4. The molecule has 11 heteroatoms. The molecule has 0 fully saturated rings. The van der Waals surface area contributed by atoms with Gasteiger partial charge in [0.25, 0.3) is 0 Å². The van der Waals surface area contributed by atoms with Gasteiger partial charge in [0.05, 0.1) is 9.26 Å². The summed E-state index contributed by atoms with van der Waals surface area (Å²) >= 11 is 7.81. The predicted octanol–water partition coefficient (Wildman–Crippen LogP) is 2.47. The first-order valence-electron chi connectivity index (χ1n) is 5.57. The maximum absolute atomic E-state index is 12.0. The molecule has 0 aromatic carbocycles. The number of nitrogen functional groups attached to an aromatic ring is 1. The van der Waals surface area contributed by atoms with E-state index in [1.54, 1.807) is 6.07 Å². The lowest BCUT2D eigenvalue weighted by Crippen LogP contribution is -2.25. The molecule has 3 N–H and O–H groups in total. The van der Waals surface area contributed by atoms with E-state index in [0.717, 1.165) is 10.9 Å². The van der Waals surface area contributed by atoms with Crippen molar-refractivity contribution >= 4 is 55.0 Å². The van der Waals surface area contributed by atoms with Crippen LogP contribution in [0.4, 0.5) is 10.7 Å². The molecular weight excluding hydrogens is 358 g/mol. The Kier molecular flexibility index (Phi) is 4.84. The number of sulfonamides is 1. The Morgan fingerprint density at radius 1 is 1.38 bits per heavy atom. The zero-order valence-corrected chi connectivity index (χ0v) is 13.6. The van der Waals surface area contributed by atoms with Crippen LogP contribution < -0.4 is 10.5 Å².